The van der Waals surface area contributed by atoms with Crippen LogP contribution in [0.25, 0.3) is 11.3 Å². The summed E-state index contributed by atoms with van der Waals surface area (Å²) in [4.78, 5) is 4.31. The van der Waals surface area contributed by atoms with Crippen LogP contribution < -0.4 is 10.8 Å². The molecule has 0 radical (unpaired) electrons. The van der Waals surface area contributed by atoms with Crippen molar-refractivity contribution in [3.05, 3.63) is 77.1 Å². The highest BCUT2D eigenvalue weighted by atomic mass is 19.1. The molecular weight excluding hydrogens is 420 g/mol. The van der Waals surface area contributed by atoms with Gasteiger partial charge in [0.05, 0.1) is 11.4 Å². The van der Waals surface area contributed by atoms with E-state index in [1.165, 1.54) is 49.8 Å². The smallest absolute Gasteiger partial charge is 0.129 e. The van der Waals surface area contributed by atoms with E-state index in [1.54, 1.807) is 0 Å². The Labute approximate surface area is 196 Å². The highest BCUT2D eigenvalue weighted by Gasteiger charge is 2.14. The molecule has 0 saturated heterocycles. The summed E-state index contributed by atoms with van der Waals surface area (Å²) in [6.07, 6.45) is 11.5. The number of benzene rings is 1. The molecule has 1 aliphatic carbocycles. The van der Waals surface area contributed by atoms with Crippen LogP contribution in [0.2, 0.25) is 0 Å². The van der Waals surface area contributed by atoms with Gasteiger partial charge in [-0.25, -0.2) is 8.78 Å². The number of hydroxylamine groups is 1. The van der Waals surface area contributed by atoms with Crippen LogP contribution in [0, 0.1) is 24.5 Å². The molecule has 6 heteroatoms. The first-order chi connectivity index (χ1) is 15.9. The molecule has 1 fully saturated rings. The van der Waals surface area contributed by atoms with Crippen molar-refractivity contribution < 1.29 is 14.0 Å². The largest absolute Gasteiger partial charge is 0.312 e. The lowest BCUT2D eigenvalue weighted by Gasteiger charge is -2.22. The average Bonchev–Trinajstić information content (AvgIpc) is 2.83. The van der Waals surface area contributed by atoms with E-state index in [2.05, 4.69) is 42.3 Å². The van der Waals surface area contributed by atoms with E-state index in [-0.39, 0.29) is 0 Å². The predicted molar refractivity (Wildman–Crippen MR) is 132 cm³/mol. The molecule has 0 atom stereocenters. The molecule has 4 nitrogen and oxygen atoms in total. The first kappa shape index (κ1) is 26.7. The topological polar surface area (TPSA) is 57.2 Å². The van der Waals surface area contributed by atoms with E-state index in [0.29, 0.717) is 23.4 Å². The average molecular weight is 458 g/mol. The summed E-state index contributed by atoms with van der Waals surface area (Å²) in [6.45, 7) is 11.7. The van der Waals surface area contributed by atoms with Crippen molar-refractivity contribution in [2.24, 2.45) is 5.92 Å². The van der Waals surface area contributed by atoms with Crippen LogP contribution in [0.4, 0.5) is 8.78 Å². The van der Waals surface area contributed by atoms with Crippen molar-refractivity contribution in [1.82, 2.24) is 15.8 Å². The normalized spacial score (nSPS) is 14.4. The molecule has 2 aromatic rings. The molecule has 0 aliphatic heterocycles. The first-order valence-corrected chi connectivity index (χ1v) is 11.8. The van der Waals surface area contributed by atoms with Gasteiger partial charge in [-0.15, -0.1) is 0 Å². The Morgan fingerprint density at radius 2 is 1.94 bits per heavy atom. The lowest BCUT2D eigenvalue weighted by molar-refractivity contribution is 0.224. The van der Waals surface area contributed by atoms with Gasteiger partial charge in [0.2, 0.25) is 0 Å². The molecule has 1 heterocycles. The molecule has 33 heavy (non-hydrogen) atoms. The second-order valence-corrected chi connectivity index (χ2v) is 8.51. The monoisotopic (exact) mass is 457 g/mol. The minimum absolute atomic E-state index is 0.414. The van der Waals surface area contributed by atoms with E-state index < -0.39 is 11.6 Å². The molecule has 3 N–H and O–H groups in total. The second-order valence-electron chi connectivity index (χ2n) is 8.51. The van der Waals surface area contributed by atoms with Gasteiger partial charge < -0.3 is 5.32 Å². The number of hydrogen-bond donors (Lipinski definition) is 3. The second kappa shape index (κ2) is 13.9. The number of rotatable bonds is 8. The summed E-state index contributed by atoms with van der Waals surface area (Å²) in [6, 6.07) is 5.62. The molecule has 0 amide bonds. The number of pyridine rings is 1. The molecule has 1 saturated carbocycles. The first-order valence-electron chi connectivity index (χ1n) is 11.8. The fraction of sp³-hybridized carbons (Fsp3) is 0.444. The van der Waals surface area contributed by atoms with Gasteiger partial charge in [0.1, 0.15) is 11.6 Å². The number of nitrogens with one attached hydrogen (secondary N) is 2. The van der Waals surface area contributed by atoms with Crippen LogP contribution in [-0.2, 0) is 6.42 Å². The van der Waals surface area contributed by atoms with E-state index >= 15 is 0 Å². The van der Waals surface area contributed by atoms with Crippen LogP contribution >= 0.6 is 0 Å². The Balaban J connectivity index is 0.000000321. The highest BCUT2D eigenvalue weighted by Crippen LogP contribution is 2.24. The third-order valence-corrected chi connectivity index (χ3v) is 6.11. The summed E-state index contributed by atoms with van der Waals surface area (Å²) in [7, 11) is 0. The fourth-order valence-corrected chi connectivity index (χ4v) is 4.06. The Kier molecular flexibility index (Phi) is 11.2. The maximum atomic E-state index is 12.6. The Morgan fingerprint density at radius 3 is 2.55 bits per heavy atom. The van der Waals surface area contributed by atoms with Crippen molar-refractivity contribution in [2.45, 2.75) is 59.3 Å². The molecular formula is C27H37F2N3O. The van der Waals surface area contributed by atoms with E-state index in [0.717, 1.165) is 36.2 Å². The Morgan fingerprint density at radius 1 is 1.21 bits per heavy atom. The van der Waals surface area contributed by atoms with E-state index in [1.807, 2.05) is 19.2 Å². The van der Waals surface area contributed by atoms with Gasteiger partial charge in [-0.3, -0.25) is 15.7 Å². The maximum absolute atomic E-state index is 12.6. The van der Waals surface area contributed by atoms with Gasteiger partial charge in [0, 0.05) is 18.8 Å². The molecule has 180 valence electrons. The quantitative estimate of drug-likeness (QED) is 0.399. The van der Waals surface area contributed by atoms with Gasteiger partial charge >= 0.3 is 0 Å². The molecule has 0 bridgehead atoms. The summed E-state index contributed by atoms with van der Waals surface area (Å²) in [5.74, 6) is -0.147. The molecule has 1 aliphatic rings. The van der Waals surface area contributed by atoms with Crippen molar-refractivity contribution in [3.8, 4) is 0 Å². The SMILES string of the molecule is C=C(NO)c1cc(/C(=C\C)CNCC2CCCCC2)c(C)cn1.CCc1ccc(F)cc1F. The maximum Gasteiger partial charge on any atom is 0.129 e. The zero-order chi connectivity index (χ0) is 24.2. The fourth-order valence-electron chi connectivity index (χ4n) is 4.06. The lowest BCUT2D eigenvalue weighted by Crippen LogP contribution is -2.26. The number of allylic oxidation sites excluding steroid dienone is 1. The zero-order valence-corrected chi connectivity index (χ0v) is 20.1. The Hall–Kier alpha value is -2.57. The van der Waals surface area contributed by atoms with Gasteiger partial charge in [0.25, 0.3) is 0 Å². The van der Waals surface area contributed by atoms with Crippen LogP contribution in [0.15, 0.2) is 43.1 Å². The number of hydrogen-bond acceptors (Lipinski definition) is 4. The highest BCUT2D eigenvalue weighted by molar-refractivity contribution is 5.72. The van der Waals surface area contributed by atoms with Crippen molar-refractivity contribution in [3.63, 3.8) is 0 Å². The third kappa shape index (κ3) is 8.37. The number of aryl methyl sites for hydroxylation is 2. The summed E-state index contributed by atoms with van der Waals surface area (Å²) >= 11 is 0. The number of nitrogens with zero attached hydrogens (tertiary/aromatic N) is 1. The van der Waals surface area contributed by atoms with Crippen LogP contribution in [-0.4, -0.2) is 23.3 Å². The van der Waals surface area contributed by atoms with Gasteiger partial charge in [-0.2, -0.15) is 0 Å². The van der Waals surface area contributed by atoms with E-state index in [4.69, 9.17) is 5.21 Å². The molecule has 0 spiro atoms. The molecule has 1 aromatic carbocycles. The van der Waals surface area contributed by atoms with Crippen LogP contribution in [0.3, 0.4) is 0 Å². The molecule has 0 unspecified atom stereocenters. The molecule has 1 aromatic heterocycles. The molecule has 3 rings (SSSR count). The van der Waals surface area contributed by atoms with Gasteiger partial charge in [-0.05, 0) is 80.0 Å². The predicted octanol–water partition coefficient (Wildman–Crippen LogP) is 6.44. The van der Waals surface area contributed by atoms with Crippen LogP contribution in [0.5, 0.6) is 0 Å². The third-order valence-electron chi connectivity index (χ3n) is 6.11. The van der Waals surface area contributed by atoms with E-state index in [9.17, 15) is 8.78 Å². The minimum atomic E-state index is -0.519. The van der Waals surface area contributed by atoms with Crippen molar-refractivity contribution in [1.29, 1.82) is 0 Å². The Bertz CT molecular complexity index is 937. The number of aromatic nitrogens is 1. The summed E-state index contributed by atoms with van der Waals surface area (Å²) in [5, 5.41) is 12.6. The van der Waals surface area contributed by atoms with Crippen molar-refractivity contribution in [2.75, 3.05) is 13.1 Å². The number of halogens is 2. The van der Waals surface area contributed by atoms with Crippen LogP contribution in [0.1, 0.15) is 68.3 Å². The standard InChI is InChI=1S/C19H29N3O.C8H8F2/c1-4-17(13-20-12-16-8-6-5-7-9-16)18-10-19(15(3)22-23)21-11-14(18)2;1-2-6-3-4-7(9)5-8(6)10/h4,10-11,16,20,22-23H,3,5-9,12-13H2,1-2H3;3-5H,2H2,1H3/b17-4-;. The zero-order valence-electron chi connectivity index (χ0n) is 20.1. The summed E-state index contributed by atoms with van der Waals surface area (Å²) < 4.78 is 24.9. The minimum Gasteiger partial charge on any atom is -0.312 e. The van der Waals surface area contributed by atoms with Gasteiger partial charge in [-0.1, -0.05) is 44.9 Å². The lowest BCUT2D eigenvalue weighted by atomic mass is 9.89. The van der Waals surface area contributed by atoms with Gasteiger partial charge in [0.15, 0.2) is 0 Å². The summed E-state index contributed by atoms with van der Waals surface area (Å²) in [5.41, 5.74) is 7.26. The van der Waals surface area contributed by atoms with Crippen molar-refractivity contribution >= 4 is 11.3 Å².